The van der Waals surface area contributed by atoms with Crippen molar-refractivity contribution in [3.63, 3.8) is 0 Å². The Morgan fingerprint density at radius 1 is 1.19 bits per heavy atom. The average Bonchev–Trinajstić information content (AvgIpc) is 3.23. The molecule has 3 heterocycles. The molecule has 1 spiro atoms. The molecular formula is C19H19N5O2. The molecule has 1 saturated heterocycles. The molecule has 1 aromatic carbocycles. The molecule has 3 aliphatic rings. The lowest BCUT2D eigenvalue weighted by Gasteiger charge is -2.41. The minimum atomic E-state index is -0.479. The van der Waals surface area contributed by atoms with Gasteiger partial charge in [0.05, 0.1) is 11.8 Å². The Balaban J connectivity index is 1.41. The monoisotopic (exact) mass is 349 g/mol. The summed E-state index contributed by atoms with van der Waals surface area (Å²) in [5.41, 5.74) is 1.43. The standard InChI is InChI=1S/C19H19N5O2/c25-17-13-3-1-2-4-15(13)22-19(23-17)6-5-12-10-24(11-14(12)19)18(26)16-9-20-7-8-21-16/h1-4,7-9,12,14,22H,5-6,10-11H2,(H,23,25)/t12-,14+,19+/m1/s1. The molecule has 2 amide bonds. The van der Waals surface area contributed by atoms with Crippen molar-refractivity contribution in [3.05, 3.63) is 54.1 Å². The lowest BCUT2D eigenvalue weighted by Crippen LogP contribution is -2.61. The second kappa shape index (κ2) is 5.52. The molecular weight excluding hydrogens is 330 g/mol. The third kappa shape index (κ3) is 2.20. The first-order chi connectivity index (χ1) is 12.7. The second-order valence-corrected chi connectivity index (χ2v) is 7.30. The molecule has 132 valence electrons. The van der Waals surface area contributed by atoms with E-state index in [2.05, 4.69) is 20.6 Å². The van der Waals surface area contributed by atoms with E-state index in [-0.39, 0.29) is 17.7 Å². The van der Waals surface area contributed by atoms with Crippen molar-refractivity contribution in [1.29, 1.82) is 0 Å². The van der Waals surface area contributed by atoms with E-state index in [0.29, 0.717) is 30.3 Å². The zero-order chi connectivity index (χ0) is 17.7. The third-order valence-electron chi connectivity index (χ3n) is 5.92. The molecule has 7 nitrogen and oxygen atoms in total. The molecule has 1 saturated carbocycles. The van der Waals surface area contributed by atoms with Crippen LogP contribution in [0.5, 0.6) is 0 Å². The molecule has 0 unspecified atom stereocenters. The Morgan fingerprint density at radius 2 is 2.08 bits per heavy atom. The van der Waals surface area contributed by atoms with Gasteiger partial charge < -0.3 is 15.5 Å². The number of likely N-dealkylation sites (tertiary alicyclic amines) is 1. The van der Waals surface area contributed by atoms with E-state index < -0.39 is 5.66 Å². The first kappa shape index (κ1) is 15.3. The van der Waals surface area contributed by atoms with E-state index in [0.717, 1.165) is 18.5 Å². The highest BCUT2D eigenvalue weighted by molar-refractivity contribution is 6.02. The Hall–Kier alpha value is -2.96. The number of rotatable bonds is 1. The summed E-state index contributed by atoms with van der Waals surface area (Å²) in [6.07, 6.45) is 6.44. The maximum Gasteiger partial charge on any atom is 0.274 e. The van der Waals surface area contributed by atoms with E-state index in [1.165, 1.54) is 12.4 Å². The number of nitrogens with one attached hydrogen (secondary N) is 2. The van der Waals surface area contributed by atoms with Crippen molar-refractivity contribution in [2.45, 2.75) is 18.5 Å². The summed E-state index contributed by atoms with van der Waals surface area (Å²) in [6, 6.07) is 7.58. The quantitative estimate of drug-likeness (QED) is 0.815. The average molecular weight is 349 g/mol. The Labute approximate surface area is 150 Å². The maximum atomic E-state index is 12.7. The van der Waals surface area contributed by atoms with Crippen molar-refractivity contribution >= 4 is 17.5 Å². The summed E-state index contributed by atoms with van der Waals surface area (Å²) in [7, 11) is 0. The molecule has 2 N–H and O–H groups in total. The molecule has 26 heavy (non-hydrogen) atoms. The predicted molar refractivity (Wildman–Crippen MR) is 94.4 cm³/mol. The summed E-state index contributed by atoms with van der Waals surface area (Å²) in [6.45, 7) is 1.30. The van der Waals surface area contributed by atoms with Crippen LogP contribution in [0.3, 0.4) is 0 Å². The largest absolute Gasteiger partial charge is 0.362 e. The van der Waals surface area contributed by atoms with Crippen LogP contribution in [0.1, 0.15) is 33.7 Å². The fourth-order valence-corrected chi connectivity index (χ4v) is 4.70. The van der Waals surface area contributed by atoms with Crippen LogP contribution in [-0.4, -0.2) is 45.4 Å². The fourth-order valence-electron chi connectivity index (χ4n) is 4.70. The van der Waals surface area contributed by atoms with Crippen LogP contribution in [0.25, 0.3) is 0 Å². The second-order valence-electron chi connectivity index (χ2n) is 7.30. The van der Waals surface area contributed by atoms with Crippen LogP contribution >= 0.6 is 0 Å². The van der Waals surface area contributed by atoms with Crippen molar-refractivity contribution in [1.82, 2.24) is 20.2 Å². The first-order valence-corrected chi connectivity index (χ1v) is 8.91. The molecule has 1 aliphatic carbocycles. The predicted octanol–water partition coefficient (Wildman–Crippen LogP) is 1.51. The van der Waals surface area contributed by atoms with Crippen molar-refractivity contribution in [2.24, 2.45) is 11.8 Å². The van der Waals surface area contributed by atoms with Crippen molar-refractivity contribution in [3.8, 4) is 0 Å². The Morgan fingerprint density at radius 3 is 2.92 bits per heavy atom. The minimum absolute atomic E-state index is 0.0429. The van der Waals surface area contributed by atoms with Gasteiger partial charge >= 0.3 is 0 Å². The molecule has 5 rings (SSSR count). The van der Waals surface area contributed by atoms with Crippen LogP contribution in [0.4, 0.5) is 5.69 Å². The topological polar surface area (TPSA) is 87.2 Å². The highest BCUT2D eigenvalue weighted by Crippen LogP contribution is 2.47. The van der Waals surface area contributed by atoms with Gasteiger partial charge in [-0.3, -0.25) is 14.6 Å². The number of aromatic nitrogens is 2. The summed E-state index contributed by atoms with van der Waals surface area (Å²) in [5, 5.41) is 6.78. The van der Waals surface area contributed by atoms with E-state index in [1.807, 2.05) is 29.2 Å². The van der Waals surface area contributed by atoms with E-state index >= 15 is 0 Å². The molecule has 0 bridgehead atoms. The van der Waals surface area contributed by atoms with Crippen LogP contribution in [-0.2, 0) is 0 Å². The van der Waals surface area contributed by atoms with Gasteiger partial charge in [-0.25, -0.2) is 4.98 Å². The van der Waals surface area contributed by atoms with Gasteiger partial charge in [0.25, 0.3) is 11.8 Å². The first-order valence-electron chi connectivity index (χ1n) is 8.91. The minimum Gasteiger partial charge on any atom is -0.362 e. The van der Waals surface area contributed by atoms with E-state index in [9.17, 15) is 9.59 Å². The zero-order valence-electron chi connectivity index (χ0n) is 14.2. The zero-order valence-corrected chi connectivity index (χ0v) is 14.2. The van der Waals surface area contributed by atoms with E-state index in [1.54, 1.807) is 6.20 Å². The number of anilines is 1. The lowest BCUT2D eigenvalue weighted by molar-refractivity contribution is 0.0761. The number of amides is 2. The summed E-state index contributed by atoms with van der Waals surface area (Å²) in [4.78, 5) is 35.3. The van der Waals surface area contributed by atoms with Crippen LogP contribution in [0.2, 0.25) is 0 Å². The van der Waals surface area contributed by atoms with Crippen LogP contribution < -0.4 is 10.6 Å². The fraction of sp³-hybridized carbons (Fsp3) is 0.368. The number of para-hydroxylation sites is 1. The molecule has 3 atom stereocenters. The Kier molecular flexibility index (Phi) is 3.25. The van der Waals surface area contributed by atoms with Gasteiger partial charge in [0, 0.05) is 37.1 Å². The molecule has 2 aromatic rings. The highest BCUT2D eigenvalue weighted by Gasteiger charge is 2.55. The number of carbonyl (C=O) groups is 2. The normalized spacial score (nSPS) is 29.1. The third-order valence-corrected chi connectivity index (χ3v) is 5.92. The van der Waals surface area contributed by atoms with Crippen molar-refractivity contribution in [2.75, 3.05) is 18.4 Å². The summed E-state index contributed by atoms with van der Waals surface area (Å²) < 4.78 is 0. The number of carbonyl (C=O) groups excluding carboxylic acids is 2. The molecule has 1 aromatic heterocycles. The van der Waals surface area contributed by atoms with Gasteiger partial charge in [0.2, 0.25) is 0 Å². The van der Waals surface area contributed by atoms with E-state index in [4.69, 9.17) is 0 Å². The van der Waals surface area contributed by atoms with Gasteiger partial charge in [-0.05, 0) is 30.9 Å². The van der Waals surface area contributed by atoms with Crippen LogP contribution in [0, 0.1) is 11.8 Å². The van der Waals surface area contributed by atoms with Gasteiger partial charge in [-0.1, -0.05) is 12.1 Å². The number of nitrogens with zero attached hydrogens (tertiary/aromatic N) is 3. The number of benzene rings is 1. The van der Waals surface area contributed by atoms with Crippen LogP contribution in [0.15, 0.2) is 42.9 Å². The highest BCUT2D eigenvalue weighted by atomic mass is 16.2. The van der Waals surface area contributed by atoms with Gasteiger partial charge in [0.1, 0.15) is 11.4 Å². The summed E-state index contributed by atoms with van der Waals surface area (Å²) >= 11 is 0. The number of fused-ring (bicyclic) bond motifs is 3. The molecule has 2 fully saturated rings. The smallest absolute Gasteiger partial charge is 0.274 e. The maximum absolute atomic E-state index is 12.7. The van der Waals surface area contributed by atoms with Gasteiger partial charge in [-0.15, -0.1) is 0 Å². The molecule has 7 heteroatoms. The van der Waals surface area contributed by atoms with Gasteiger partial charge in [-0.2, -0.15) is 0 Å². The SMILES string of the molecule is O=C1N[C@]2(CC[C@@H]3CN(C(=O)c4cnccn4)C[C@@H]32)Nc2ccccc21. The van der Waals surface area contributed by atoms with Gasteiger partial charge in [0.15, 0.2) is 0 Å². The lowest BCUT2D eigenvalue weighted by atomic mass is 9.89. The number of hydrogen-bond acceptors (Lipinski definition) is 5. The number of hydrogen-bond donors (Lipinski definition) is 2. The molecule has 2 aliphatic heterocycles. The Bertz CT molecular complexity index is 887. The van der Waals surface area contributed by atoms with Crippen molar-refractivity contribution < 1.29 is 9.59 Å². The summed E-state index contributed by atoms with van der Waals surface area (Å²) in [5.74, 6) is 0.415. The molecule has 0 radical (unpaired) electrons.